The van der Waals surface area contributed by atoms with Crippen LogP contribution < -0.4 is 5.73 Å². The molecule has 0 bridgehead atoms. The summed E-state index contributed by atoms with van der Waals surface area (Å²) in [6.07, 6.45) is 9.59. The van der Waals surface area contributed by atoms with E-state index in [1.165, 1.54) is 71.1 Å². The van der Waals surface area contributed by atoms with Gasteiger partial charge in [0, 0.05) is 32.2 Å². The number of hydrogen-bond acceptors (Lipinski definition) is 3. The van der Waals surface area contributed by atoms with E-state index < -0.39 is 0 Å². The fourth-order valence-electron chi connectivity index (χ4n) is 3.97. The minimum atomic E-state index is 0.421. The van der Waals surface area contributed by atoms with Crippen molar-refractivity contribution in [2.75, 3.05) is 39.8 Å². The number of nitrogens with zero attached hydrogens (tertiary/aromatic N) is 2. The molecule has 1 saturated carbocycles. The standard InChI is InChI=1S/C16H33N3/c1-3-15-12-19(11-10-18(15)2)14-16(13-17)8-6-4-5-7-9-16/h15H,3-14,17H2,1-2H3. The van der Waals surface area contributed by atoms with E-state index in [0.717, 1.165) is 12.6 Å². The predicted molar refractivity (Wildman–Crippen MR) is 82.3 cm³/mol. The highest BCUT2D eigenvalue weighted by Crippen LogP contribution is 2.35. The monoisotopic (exact) mass is 267 g/mol. The molecule has 0 aromatic rings. The summed E-state index contributed by atoms with van der Waals surface area (Å²) in [6, 6.07) is 0.745. The lowest BCUT2D eigenvalue weighted by molar-refractivity contribution is 0.0528. The molecule has 0 aromatic heterocycles. The second kappa shape index (κ2) is 7.05. The van der Waals surface area contributed by atoms with E-state index in [1.807, 2.05) is 0 Å². The van der Waals surface area contributed by atoms with Crippen molar-refractivity contribution in [1.29, 1.82) is 0 Å². The maximum Gasteiger partial charge on any atom is 0.0218 e. The third-order valence-electron chi connectivity index (χ3n) is 5.49. The summed E-state index contributed by atoms with van der Waals surface area (Å²) in [5.74, 6) is 0. The Morgan fingerprint density at radius 2 is 1.79 bits per heavy atom. The fraction of sp³-hybridized carbons (Fsp3) is 1.00. The quantitative estimate of drug-likeness (QED) is 0.793. The van der Waals surface area contributed by atoms with Gasteiger partial charge in [0.25, 0.3) is 0 Å². The summed E-state index contributed by atoms with van der Waals surface area (Å²) in [4.78, 5) is 5.23. The van der Waals surface area contributed by atoms with Crippen LogP contribution in [0.4, 0.5) is 0 Å². The molecule has 3 nitrogen and oxygen atoms in total. The largest absolute Gasteiger partial charge is 0.330 e. The Kier molecular flexibility index (Phi) is 5.67. The van der Waals surface area contributed by atoms with E-state index in [-0.39, 0.29) is 0 Å². The third kappa shape index (κ3) is 3.93. The van der Waals surface area contributed by atoms with Gasteiger partial charge in [-0.15, -0.1) is 0 Å². The topological polar surface area (TPSA) is 32.5 Å². The average molecular weight is 267 g/mol. The Balaban J connectivity index is 1.93. The number of nitrogens with two attached hydrogens (primary N) is 1. The molecule has 0 spiro atoms. The van der Waals surface area contributed by atoms with Gasteiger partial charge in [-0.3, -0.25) is 4.90 Å². The van der Waals surface area contributed by atoms with Crippen LogP contribution in [0.5, 0.6) is 0 Å². The van der Waals surface area contributed by atoms with E-state index >= 15 is 0 Å². The summed E-state index contributed by atoms with van der Waals surface area (Å²) in [6.45, 7) is 8.14. The zero-order valence-corrected chi connectivity index (χ0v) is 13.0. The van der Waals surface area contributed by atoms with Crippen molar-refractivity contribution < 1.29 is 0 Å². The van der Waals surface area contributed by atoms with Crippen molar-refractivity contribution in [3.8, 4) is 0 Å². The van der Waals surface area contributed by atoms with Gasteiger partial charge in [0.2, 0.25) is 0 Å². The van der Waals surface area contributed by atoms with Crippen LogP contribution >= 0.6 is 0 Å². The van der Waals surface area contributed by atoms with Crippen molar-refractivity contribution >= 4 is 0 Å². The van der Waals surface area contributed by atoms with Gasteiger partial charge >= 0.3 is 0 Å². The van der Waals surface area contributed by atoms with Gasteiger partial charge < -0.3 is 10.6 Å². The van der Waals surface area contributed by atoms with Crippen LogP contribution in [0, 0.1) is 5.41 Å². The highest BCUT2D eigenvalue weighted by atomic mass is 15.3. The summed E-state index contributed by atoms with van der Waals surface area (Å²) < 4.78 is 0. The van der Waals surface area contributed by atoms with E-state index in [2.05, 4.69) is 23.8 Å². The van der Waals surface area contributed by atoms with Gasteiger partial charge in [-0.25, -0.2) is 0 Å². The number of hydrogen-bond donors (Lipinski definition) is 1. The molecule has 2 N–H and O–H groups in total. The van der Waals surface area contributed by atoms with Crippen molar-refractivity contribution in [2.24, 2.45) is 11.1 Å². The molecule has 2 fully saturated rings. The molecule has 112 valence electrons. The first-order chi connectivity index (χ1) is 9.19. The Hall–Kier alpha value is -0.120. The number of piperazine rings is 1. The van der Waals surface area contributed by atoms with Crippen molar-refractivity contribution in [3.63, 3.8) is 0 Å². The molecule has 1 aliphatic carbocycles. The first-order valence-corrected chi connectivity index (χ1v) is 8.32. The maximum atomic E-state index is 6.18. The Labute approximate surface area is 119 Å². The molecule has 1 saturated heterocycles. The summed E-state index contributed by atoms with van der Waals surface area (Å²) in [5.41, 5.74) is 6.60. The van der Waals surface area contributed by atoms with E-state index in [4.69, 9.17) is 5.73 Å². The molecule has 2 aliphatic rings. The molecular weight excluding hydrogens is 234 g/mol. The van der Waals surface area contributed by atoms with E-state index in [9.17, 15) is 0 Å². The number of likely N-dealkylation sites (N-methyl/N-ethyl adjacent to an activating group) is 1. The van der Waals surface area contributed by atoms with Crippen LogP contribution in [0.2, 0.25) is 0 Å². The van der Waals surface area contributed by atoms with Crippen LogP contribution in [0.1, 0.15) is 51.9 Å². The second-order valence-corrected chi connectivity index (χ2v) is 6.90. The molecule has 1 atom stereocenters. The van der Waals surface area contributed by atoms with Crippen LogP contribution in [-0.4, -0.2) is 55.6 Å². The number of rotatable bonds is 4. The molecule has 3 heteroatoms. The molecule has 1 heterocycles. The van der Waals surface area contributed by atoms with Crippen LogP contribution in [0.25, 0.3) is 0 Å². The van der Waals surface area contributed by atoms with Crippen LogP contribution in [-0.2, 0) is 0 Å². The van der Waals surface area contributed by atoms with Gasteiger partial charge in [0.1, 0.15) is 0 Å². The highest BCUT2D eigenvalue weighted by Gasteiger charge is 2.33. The molecule has 1 aliphatic heterocycles. The predicted octanol–water partition coefficient (Wildman–Crippen LogP) is 2.31. The van der Waals surface area contributed by atoms with Gasteiger partial charge in [0.05, 0.1) is 0 Å². The van der Waals surface area contributed by atoms with Crippen LogP contribution in [0.15, 0.2) is 0 Å². The molecule has 0 radical (unpaired) electrons. The lowest BCUT2D eigenvalue weighted by Crippen LogP contribution is -2.54. The SMILES string of the molecule is CCC1CN(CC2(CN)CCCCCC2)CCN1C. The zero-order valence-electron chi connectivity index (χ0n) is 13.0. The van der Waals surface area contributed by atoms with Crippen molar-refractivity contribution in [3.05, 3.63) is 0 Å². The van der Waals surface area contributed by atoms with Crippen molar-refractivity contribution in [1.82, 2.24) is 9.80 Å². The molecule has 1 unspecified atom stereocenters. The molecule has 0 aromatic carbocycles. The van der Waals surface area contributed by atoms with Gasteiger partial charge in [0.15, 0.2) is 0 Å². The van der Waals surface area contributed by atoms with Gasteiger partial charge in [-0.1, -0.05) is 32.6 Å². The molecule has 19 heavy (non-hydrogen) atoms. The molecular formula is C16H33N3. The lowest BCUT2D eigenvalue weighted by Gasteiger charge is -2.44. The summed E-state index contributed by atoms with van der Waals surface area (Å²) >= 11 is 0. The second-order valence-electron chi connectivity index (χ2n) is 6.90. The van der Waals surface area contributed by atoms with E-state index in [0.29, 0.717) is 5.41 Å². The van der Waals surface area contributed by atoms with Gasteiger partial charge in [-0.05, 0) is 38.3 Å². The summed E-state index contributed by atoms with van der Waals surface area (Å²) in [7, 11) is 2.27. The van der Waals surface area contributed by atoms with Crippen molar-refractivity contribution in [2.45, 2.75) is 57.9 Å². The lowest BCUT2D eigenvalue weighted by atomic mass is 9.79. The average Bonchev–Trinajstić information content (AvgIpc) is 2.67. The smallest absolute Gasteiger partial charge is 0.0218 e. The fourth-order valence-corrected chi connectivity index (χ4v) is 3.97. The van der Waals surface area contributed by atoms with E-state index in [1.54, 1.807) is 0 Å². The Morgan fingerprint density at radius 1 is 1.11 bits per heavy atom. The minimum Gasteiger partial charge on any atom is -0.330 e. The minimum absolute atomic E-state index is 0.421. The maximum absolute atomic E-state index is 6.18. The first kappa shape index (κ1) is 15.3. The first-order valence-electron chi connectivity index (χ1n) is 8.32. The molecule has 0 amide bonds. The molecule has 2 rings (SSSR count). The normalized spacial score (nSPS) is 30.2. The highest BCUT2D eigenvalue weighted by molar-refractivity contribution is 4.89. The Morgan fingerprint density at radius 3 is 2.37 bits per heavy atom. The Bertz CT molecular complexity index is 259. The zero-order chi connectivity index (χ0) is 13.7. The van der Waals surface area contributed by atoms with Gasteiger partial charge in [-0.2, -0.15) is 0 Å². The summed E-state index contributed by atoms with van der Waals surface area (Å²) in [5, 5.41) is 0. The van der Waals surface area contributed by atoms with Crippen LogP contribution in [0.3, 0.4) is 0 Å². The third-order valence-corrected chi connectivity index (χ3v) is 5.49.